The van der Waals surface area contributed by atoms with Crippen LogP contribution in [0.25, 0.3) is 10.9 Å². The maximum Gasteiger partial charge on any atom is 0.116 e. The van der Waals surface area contributed by atoms with Crippen molar-refractivity contribution in [2.24, 2.45) is 0 Å². The van der Waals surface area contributed by atoms with Crippen LogP contribution in [0.2, 0.25) is 0 Å². The first-order valence-electron chi connectivity index (χ1n) is 9.72. The average Bonchev–Trinajstić information content (AvgIpc) is 2.96. The van der Waals surface area contributed by atoms with Gasteiger partial charge in [-0.3, -0.25) is 4.90 Å². The molecule has 3 nitrogen and oxygen atoms in total. The molecule has 3 aromatic rings. The molecule has 1 unspecified atom stereocenters. The van der Waals surface area contributed by atoms with E-state index >= 15 is 0 Å². The number of hydrogen-bond donors (Lipinski definition) is 2. The highest BCUT2D eigenvalue weighted by molar-refractivity contribution is 8.05. The Kier molecular flexibility index (Phi) is 5.60. The Morgan fingerprint density at radius 3 is 2.89 bits per heavy atom. The third-order valence-corrected chi connectivity index (χ3v) is 6.38. The summed E-state index contributed by atoms with van der Waals surface area (Å²) in [7, 11) is 0. The molecule has 2 heterocycles. The summed E-state index contributed by atoms with van der Waals surface area (Å²) in [5, 5.41) is 13.2. The van der Waals surface area contributed by atoms with E-state index in [1.54, 1.807) is 17.8 Å². The van der Waals surface area contributed by atoms with Crippen LogP contribution in [0.5, 0.6) is 5.75 Å². The summed E-state index contributed by atoms with van der Waals surface area (Å²) in [4.78, 5) is 7.31. The molecule has 0 fully saturated rings. The molecule has 4 heteroatoms. The van der Waals surface area contributed by atoms with E-state index in [4.69, 9.17) is 0 Å². The predicted octanol–water partition coefficient (Wildman–Crippen LogP) is 5.80. The van der Waals surface area contributed by atoms with Crippen LogP contribution in [0.1, 0.15) is 29.7 Å². The SMILES string of the molecule is C=C(S/C=C\C)C1CN(Cc2ccccc2)CCc2c1[nH]c1ccc(O)cc21. The molecule has 0 amide bonds. The largest absolute Gasteiger partial charge is 0.508 e. The molecule has 2 aromatic carbocycles. The number of fused-ring (bicyclic) bond motifs is 3. The first-order chi connectivity index (χ1) is 13.7. The number of nitrogens with zero attached hydrogens (tertiary/aromatic N) is 1. The highest BCUT2D eigenvalue weighted by atomic mass is 32.2. The molecule has 1 aliphatic rings. The number of hydrogen-bond acceptors (Lipinski definition) is 3. The van der Waals surface area contributed by atoms with E-state index in [1.165, 1.54) is 16.8 Å². The van der Waals surface area contributed by atoms with Crippen molar-refractivity contribution in [3.63, 3.8) is 0 Å². The highest BCUT2D eigenvalue weighted by Crippen LogP contribution is 2.39. The molecule has 1 atom stereocenters. The van der Waals surface area contributed by atoms with E-state index in [2.05, 4.69) is 58.3 Å². The number of phenolic OH excluding ortho intramolecular Hbond substituents is 1. The Morgan fingerprint density at radius 2 is 2.11 bits per heavy atom. The van der Waals surface area contributed by atoms with Gasteiger partial charge in [0.1, 0.15) is 5.75 Å². The van der Waals surface area contributed by atoms with Crippen LogP contribution in [0.15, 0.2) is 71.5 Å². The zero-order valence-electron chi connectivity index (χ0n) is 16.2. The van der Waals surface area contributed by atoms with Gasteiger partial charge < -0.3 is 10.1 Å². The van der Waals surface area contributed by atoms with E-state index in [-0.39, 0.29) is 5.92 Å². The van der Waals surface area contributed by atoms with E-state index in [0.29, 0.717) is 5.75 Å². The summed E-state index contributed by atoms with van der Waals surface area (Å²) in [5.41, 5.74) is 4.99. The average molecular weight is 391 g/mol. The lowest BCUT2D eigenvalue weighted by Gasteiger charge is -2.25. The van der Waals surface area contributed by atoms with Gasteiger partial charge in [0.25, 0.3) is 0 Å². The number of rotatable bonds is 5. The summed E-state index contributed by atoms with van der Waals surface area (Å²) < 4.78 is 0. The number of aromatic nitrogens is 1. The fourth-order valence-corrected chi connectivity index (χ4v) is 4.69. The lowest BCUT2D eigenvalue weighted by molar-refractivity contribution is 0.269. The quantitative estimate of drug-likeness (QED) is 0.579. The lowest BCUT2D eigenvalue weighted by Crippen LogP contribution is -2.28. The van der Waals surface area contributed by atoms with Crippen LogP contribution >= 0.6 is 11.8 Å². The van der Waals surface area contributed by atoms with Gasteiger partial charge in [-0.2, -0.15) is 0 Å². The predicted molar refractivity (Wildman–Crippen MR) is 120 cm³/mol. The lowest BCUT2D eigenvalue weighted by atomic mass is 9.99. The van der Waals surface area contributed by atoms with Crippen LogP contribution in [-0.4, -0.2) is 28.1 Å². The highest BCUT2D eigenvalue weighted by Gasteiger charge is 2.28. The van der Waals surface area contributed by atoms with Gasteiger partial charge in [0.15, 0.2) is 0 Å². The Labute approximate surface area is 170 Å². The fourth-order valence-electron chi connectivity index (χ4n) is 4.02. The maximum atomic E-state index is 10.0. The van der Waals surface area contributed by atoms with Crippen molar-refractivity contribution in [3.8, 4) is 5.75 Å². The van der Waals surface area contributed by atoms with Gasteiger partial charge in [0, 0.05) is 42.1 Å². The van der Waals surface area contributed by atoms with Gasteiger partial charge in [-0.1, -0.05) is 43.0 Å². The van der Waals surface area contributed by atoms with Crippen molar-refractivity contribution in [2.75, 3.05) is 13.1 Å². The molecule has 0 spiro atoms. The number of aromatic hydroxyl groups is 1. The molecule has 28 heavy (non-hydrogen) atoms. The monoisotopic (exact) mass is 390 g/mol. The minimum absolute atomic E-state index is 0.219. The van der Waals surface area contributed by atoms with Gasteiger partial charge in [0.2, 0.25) is 0 Å². The molecular weight excluding hydrogens is 364 g/mol. The smallest absolute Gasteiger partial charge is 0.116 e. The first kappa shape index (κ1) is 18.9. The van der Waals surface area contributed by atoms with E-state index in [9.17, 15) is 5.11 Å². The van der Waals surface area contributed by atoms with Gasteiger partial charge >= 0.3 is 0 Å². The minimum Gasteiger partial charge on any atom is -0.508 e. The van der Waals surface area contributed by atoms with E-state index in [0.717, 1.165) is 41.9 Å². The van der Waals surface area contributed by atoms with Crippen molar-refractivity contribution in [3.05, 3.63) is 88.3 Å². The van der Waals surface area contributed by atoms with Gasteiger partial charge in [-0.15, -0.1) is 11.8 Å². The van der Waals surface area contributed by atoms with Crippen LogP contribution in [0.3, 0.4) is 0 Å². The summed E-state index contributed by atoms with van der Waals surface area (Å²) in [6, 6.07) is 16.3. The maximum absolute atomic E-state index is 10.0. The second-order valence-corrected chi connectivity index (χ2v) is 8.36. The van der Waals surface area contributed by atoms with Crippen molar-refractivity contribution >= 4 is 22.7 Å². The zero-order valence-corrected chi connectivity index (χ0v) is 17.0. The minimum atomic E-state index is 0.219. The summed E-state index contributed by atoms with van der Waals surface area (Å²) in [5.74, 6) is 0.537. The van der Waals surface area contributed by atoms with Crippen molar-refractivity contribution in [1.29, 1.82) is 0 Å². The summed E-state index contributed by atoms with van der Waals surface area (Å²) in [6.07, 6.45) is 3.02. The number of thioether (sulfide) groups is 1. The Morgan fingerprint density at radius 1 is 1.29 bits per heavy atom. The van der Waals surface area contributed by atoms with E-state index in [1.807, 2.05) is 19.1 Å². The van der Waals surface area contributed by atoms with Crippen LogP contribution < -0.4 is 0 Å². The number of allylic oxidation sites excluding steroid dienone is 1. The second-order valence-electron chi connectivity index (χ2n) is 7.32. The molecule has 0 saturated carbocycles. The van der Waals surface area contributed by atoms with E-state index < -0.39 is 0 Å². The molecule has 2 N–H and O–H groups in total. The molecule has 1 aromatic heterocycles. The normalized spacial score (nSPS) is 17.7. The van der Waals surface area contributed by atoms with Crippen LogP contribution in [0, 0.1) is 0 Å². The van der Waals surface area contributed by atoms with Crippen molar-refractivity contribution in [1.82, 2.24) is 9.88 Å². The number of H-pyrrole nitrogens is 1. The zero-order chi connectivity index (χ0) is 19.5. The van der Waals surface area contributed by atoms with Gasteiger partial charge in [-0.25, -0.2) is 0 Å². The summed E-state index contributed by atoms with van der Waals surface area (Å²) >= 11 is 1.71. The molecule has 4 rings (SSSR count). The topological polar surface area (TPSA) is 39.3 Å². The molecule has 0 radical (unpaired) electrons. The number of nitrogens with one attached hydrogen (secondary N) is 1. The van der Waals surface area contributed by atoms with Crippen LogP contribution in [-0.2, 0) is 13.0 Å². The Bertz CT molecular complexity index is 1010. The number of benzene rings is 2. The molecular formula is C24H26N2OS. The molecule has 0 saturated heterocycles. The number of phenols is 1. The molecule has 0 aliphatic carbocycles. The third-order valence-electron chi connectivity index (χ3n) is 5.38. The molecule has 1 aliphatic heterocycles. The standard InChI is InChI=1S/C24H26N2OS/c1-3-13-28-17(2)22-16-26(15-18-7-5-4-6-8-18)12-11-20-21-14-19(27)9-10-23(21)25-24(20)22/h3-10,13-14,22,25,27H,2,11-12,15-16H2,1H3/b13-3-. The number of aromatic amines is 1. The second kappa shape index (κ2) is 8.29. The summed E-state index contributed by atoms with van der Waals surface area (Å²) in [6.45, 7) is 9.30. The first-order valence-corrected chi connectivity index (χ1v) is 10.6. The Balaban J connectivity index is 1.70. The molecule has 0 bridgehead atoms. The van der Waals surface area contributed by atoms with Crippen molar-refractivity contribution in [2.45, 2.75) is 25.8 Å². The van der Waals surface area contributed by atoms with Crippen molar-refractivity contribution < 1.29 is 5.11 Å². The van der Waals surface area contributed by atoms with Gasteiger partial charge in [0.05, 0.1) is 0 Å². The third kappa shape index (κ3) is 3.89. The van der Waals surface area contributed by atoms with Gasteiger partial charge in [-0.05, 0) is 53.0 Å². The van der Waals surface area contributed by atoms with Crippen LogP contribution in [0.4, 0.5) is 0 Å². The molecule has 144 valence electrons. The Hall–Kier alpha value is -2.43. The fraction of sp³-hybridized carbons (Fsp3) is 0.250.